The normalized spacial score (nSPS) is 15.4. The fourth-order valence-corrected chi connectivity index (χ4v) is 3.01. The molecule has 0 radical (unpaired) electrons. The summed E-state index contributed by atoms with van der Waals surface area (Å²) >= 11 is 0. The van der Waals surface area contributed by atoms with Gasteiger partial charge in [0.2, 0.25) is 0 Å². The summed E-state index contributed by atoms with van der Waals surface area (Å²) in [5, 5.41) is 4.00. The van der Waals surface area contributed by atoms with Gasteiger partial charge in [0.15, 0.2) is 0 Å². The summed E-state index contributed by atoms with van der Waals surface area (Å²) in [5.41, 5.74) is 4.14. The first-order chi connectivity index (χ1) is 8.92. The number of benzene rings is 2. The average Bonchev–Trinajstić information content (AvgIpc) is 3.09. The van der Waals surface area contributed by atoms with Gasteiger partial charge < -0.3 is 4.98 Å². The van der Waals surface area contributed by atoms with Crippen molar-refractivity contribution in [2.45, 2.75) is 19.3 Å². The van der Waals surface area contributed by atoms with Gasteiger partial charge in [-0.05, 0) is 59.4 Å². The van der Waals surface area contributed by atoms with Gasteiger partial charge in [0.25, 0.3) is 0 Å². The molecule has 3 aromatic rings. The van der Waals surface area contributed by atoms with Crippen LogP contribution in [0.4, 0.5) is 0 Å². The van der Waals surface area contributed by atoms with Crippen molar-refractivity contribution < 1.29 is 0 Å². The van der Waals surface area contributed by atoms with E-state index in [0.717, 1.165) is 0 Å². The summed E-state index contributed by atoms with van der Waals surface area (Å²) in [6, 6.07) is 13.4. The Morgan fingerprint density at radius 3 is 2.83 bits per heavy atom. The molecule has 0 saturated carbocycles. The minimum absolute atomic E-state index is 1.22. The average molecular weight is 233 g/mol. The fourth-order valence-electron chi connectivity index (χ4n) is 3.01. The zero-order chi connectivity index (χ0) is 11.9. The molecular formula is C17H15N. The maximum Gasteiger partial charge on any atom is 0.0460 e. The predicted octanol–water partition coefficient (Wildman–Crippen LogP) is 4.89. The van der Waals surface area contributed by atoms with Crippen molar-refractivity contribution in [3.8, 4) is 0 Å². The van der Waals surface area contributed by atoms with Crippen LogP contribution in [-0.2, 0) is 0 Å². The number of rotatable bonds is 1. The Bertz CT molecular complexity index is 761. The molecule has 0 saturated heterocycles. The summed E-state index contributed by atoms with van der Waals surface area (Å²) < 4.78 is 0. The Morgan fingerprint density at radius 2 is 1.94 bits per heavy atom. The van der Waals surface area contributed by atoms with Crippen LogP contribution < -0.4 is 0 Å². The summed E-state index contributed by atoms with van der Waals surface area (Å²) in [6.45, 7) is 0. The molecule has 1 aliphatic rings. The Labute approximate surface area is 106 Å². The second-order valence-corrected chi connectivity index (χ2v) is 5.06. The predicted molar refractivity (Wildman–Crippen MR) is 77.6 cm³/mol. The van der Waals surface area contributed by atoms with Crippen LogP contribution in [0.25, 0.3) is 27.2 Å². The Kier molecular flexibility index (Phi) is 2.07. The lowest BCUT2D eigenvalue weighted by Crippen LogP contribution is -1.82. The van der Waals surface area contributed by atoms with Crippen molar-refractivity contribution in [3.05, 3.63) is 54.2 Å². The van der Waals surface area contributed by atoms with Crippen LogP contribution >= 0.6 is 0 Å². The van der Waals surface area contributed by atoms with Gasteiger partial charge in [-0.25, -0.2) is 0 Å². The van der Waals surface area contributed by atoms with Crippen molar-refractivity contribution >= 4 is 27.2 Å². The quantitative estimate of drug-likeness (QED) is 0.616. The fraction of sp³-hybridized carbons (Fsp3) is 0.176. The van der Waals surface area contributed by atoms with E-state index in [9.17, 15) is 0 Å². The SMILES string of the molecule is C1=C(c2ccc3c(ccc4[nH]ccc43)c2)CCC1. The van der Waals surface area contributed by atoms with E-state index >= 15 is 0 Å². The topological polar surface area (TPSA) is 15.8 Å². The van der Waals surface area contributed by atoms with Gasteiger partial charge >= 0.3 is 0 Å². The molecule has 1 aromatic heterocycles. The smallest absolute Gasteiger partial charge is 0.0460 e. The van der Waals surface area contributed by atoms with E-state index in [-0.39, 0.29) is 0 Å². The molecule has 0 amide bonds. The standard InChI is InChI=1S/C17H15N/c1-2-4-12(3-1)13-5-7-15-14(11-13)6-8-17-16(15)9-10-18-17/h3,5-11,18H,1-2,4H2. The molecule has 1 heterocycles. The largest absolute Gasteiger partial charge is 0.361 e. The summed E-state index contributed by atoms with van der Waals surface area (Å²) in [5.74, 6) is 0. The van der Waals surface area contributed by atoms with E-state index in [0.29, 0.717) is 0 Å². The molecule has 4 rings (SSSR count). The molecule has 0 bridgehead atoms. The number of hydrogen-bond donors (Lipinski definition) is 1. The molecule has 1 nitrogen and oxygen atoms in total. The molecule has 0 aliphatic heterocycles. The number of nitrogens with one attached hydrogen (secondary N) is 1. The van der Waals surface area contributed by atoms with Gasteiger partial charge in [0.05, 0.1) is 0 Å². The van der Waals surface area contributed by atoms with Gasteiger partial charge in [0.1, 0.15) is 0 Å². The zero-order valence-corrected chi connectivity index (χ0v) is 10.2. The summed E-state index contributed by atoms with van der Waals surface area (Å²) in [4.78, 5) is 3.27. The number of aromatic amines is 1. The number of allylic oxidation sites excluding steroid dienone is 2. The van der Waals surface area contributed by atoms with Crippen molar-refractivity contribution in [1.82, 2.24) is 4.98 Å². The maximum atomic E-state index is 3.27. The van der Waals surface area contributed by atoms with Gasteiger partial charge in [0, 0.05) is 17.1 Å². The zero-order valence-electron chi connectivity index (χ0n) is 10.2. The van der Waals surface area contributed by atoms with Crippen molar-refractivity contribution in [3.63, 3.8) is 0 Å². The Balaban J connectivity index is 1.97. The minimum atomic E-state index is 1.22. The highest BCUT2D eigenvalue weighted by atomic mass is 14.7. The molecule has 2 aromatic carbocycles. The Hall–Kier alpha value is -2.02. The monoisotopic (exact) mass is 233 g/mol. The van der Waals surface area contributed by atoms with Gasteiger partial charge in [-0.3, -0.25) is 0 Å². The van der Waals surface area contributed by atoms with Crippen LogP contribution in [0.3, 0.4) is 0 Å². The highest BCUT2D eigenvalue weighted by molar-refractivity contribution is 6.07. The van der Waals surface area contributed by atoms with Gasteiger partial charge in [-0.15, -0.1) is 0 Å². The van der Waals surface area contributed by atoms with E-state index in [1.807, 2.05) is 6.20 Å². The third kappa shape index (κ3) is 1.40. The number of fused-ring (bicyclic) bond motifs is 3. The number of aromatic nitrogens is 1. The lowest BCUT2D eigenvalue weighted by molar-refractivity contribution is 0.935. The molecule has 18 heavy (non-hydrogen) atoms. The summed E-state index contributed by atoms with van der Waals surface area (Å²) in [7, 11) is 0. The van der Waals surface area contributed by atoms with Crippen LogP contribution in [0.15, 0.2) is 48.7 Å². The molecule has 1 aliphatic carbocycles. The van der Waals surface area contributed by atoms with E-state index in [1.54, 1.807) is 0 Å². The number of hydrogen-bond acceptors (Lipinski definition) is 0. The third-order valence-electron chi connectivity index (χ3n) is 3.96. The van der Waals surface area contributed by atoms with E-state index in [2.05, 4.69) is 47.5 Å². The maximum absolute atomic E-state index is 3.27. The van der Waals surface area contributed by atoms with Gasteiger partial charge in [-0.1, -0.05) is 24.3 Å². The van der Waals surface area contributed by atoms with E-state index < -0.39 is 0 Å². The van der Waals surface area contributed by atoms with Crippen molar-refractivity contribution in [2.24, 2.45) is 0 Å². The van der Waals surface area contributed by atoms with Crippen LogP contribution in [0.1, 0.15) is 24.8 Å². The first-order valence-electron chi connectivity index (χ1n) is 6.61. The Morgan fingerprint density at radius 1 is 0.944 bits per heavy atom. The molecule has 1 N–H and O–H groups in total. The molecule has 0 atom stereocenters. The molecule has 0 spiro atoms. The van der Waals surface area contributed by atoms with Crippen molar-refractivity contribution in [1.29, 1.82) is 0 Å². The highest BCUT2D eigenvalue weighted by Gasteiger charge is 2.08. The first-order valence-corrected chi connectivity index (χ1v) is 6.61. The van der Waals surface area contributed by atoms with Crippen LogP contribution in [0, 0.1) is 0 Å². The summed E-state index contributed by atoms with van der Waals surface area (Å²) in [6.07, 6.45) is 8.18. The number of H-pyrrole nitrogens is 1. The lowest BCUT2D eigenvalue weighted by Gasteiger charge is -2.05. The van der Waals surface area contributed by atoms with Gasteiger partial charge in [-0.2, -0.15) is 0 Å². The highest BCUT2D eigenvalue weighted by Crippen LogP contribution is 2.31. The van der Waals surface area contributed by atoms with Crippen molar-refractivity contribution in [2.75, 3.05) is 0 Å². The van der Waals surface area contributed by atoms with E-state index in [1.165, 1.54) is 52.1 Å². The minimum Gasteiger partial charge on any atom is -0.361 e. The van der Waals surface area contributed by atoms with E-state index in [4.69, 9.17) is 0 Å². The van der Waals surface area contributed by atoms with Crippen LogP contribution in [-0.4, -0.2) is 4.98 Å². The first kappa shape index (κ1) is 9.95. The van der Waals surface area contributed by atoms with Crippen LogP contribution in [0.2, 0.25) is 0 Å². The second kappa shape index (κ2) is 3.74. The molecule has 88 valence electrons. The van der Waals surface area contributed by atoms with Crippen LogP contribution in [0.5, 0.6) is 0 Å². The lowest BCUT2D eigenvalue weighted by atomic mass is 9.99. The molecule has 1 heteroatoms. The molecule has 0 unspecified atom stereocenters. The third-order valence-corrected chi connectivity index (χ3v) is 3.96. The second-order valence-electron chi connectivity index (χ2n) is 5.06. The molecule has 0 fully saturated rings. The molecular weight excluding hydrogens is 218 g/mol.